The van der Waals surface area contributed by atoms with Gasteiger partial charge >= 0.3 is 0 Å². The van der Waals surface area contributed by atoms with Gasteiger partial charge in [0.05, 0.1) is 12.6 Å². The molecule has 0 aliphatic carbocycles. The van der Waals surface area contributed by atoms with Crippen molar-refractivity contribution in [1.82, 2.24) is 0 Å². The number of methoxy groups -OCH3 is 1. The van der Waals surface area contributed by atoms with Crippen LogP contribution in [0.1, 0.15) is 18.4 Å². The van der Waals surface area contributed by atoms with Gasteiger partial charge in [-0.3, -0.25) is 0 Å². The summed E-state index contributed by atoms with van der Waals surface area (Å²) in [6.07, 6.45) is 3.32. The van der Waals surface area contributed by atoms with Crippen LogP contribution in [-0.4, -0.2) is 32.8 Å². The molecule has 17 heavy (non-hydrogen) atoms. The molecule has 1 atom stereocenters. The molecule has 0 bridgehead atoms. The van der Waals surface area contributed by atoms with Crippen molar-refractivity contribution in [3.05, 3.63) is 29.8 Å². The fraction of sp³-hybridized carbons (Fsp3) is 0.571. The third kappa shape index (κ3) is 2.79. The lowest BCUT2D eigenvalue weighted by atomic mass is 10.1. The molecule has 0 fully saturated rings. The number of para-hydroxylation sites is 1. The van der Waals surface area contributed by atoms with Gasteiger partial charge < -0.3 is 15.4 Å². The Morgan fingerprint density at radius 1 is 1.41 bits per heavy atom. The van der Waals surface area contributed by atoms with E-state index in [9.17, 15) is 0 Å². The summed E-state index contributed by atoms with van der Waals surface area (Å²) >= 11 is 0. The normalized spacial score (nSPS) is 16.0. The molecular weight excluding hydrogens is 212 g/mol. The van der Waals surface area contributed by atoms with Crippen LogP contribution in [-0.2, 0) is 11.2 Å². The number of hydrogen-bond donors (Lipinski definition) is 1. The van der Waals surface area contributed by atoms with Gasteiger partial charge in [0.15, 0.2) is 0 Å². The Hall–Kier alpha value is -1.06. The zero-order valence-corrected chi connectivity index (χ0v) is 10.6. The molecule has 94 valence electrons. The SMILES string of the molecule is COCC(CCCN)N1CCc2ccccc21. The van der Waals surface area contributed by atoms with Crippen LogP contribution in [0.15, 0.2) is 24.3 Å². The summed E-state index contributed by atoms with van der Waals surface area (Å²) in [5.41, 5.74) is 8.45. The number of ether oxygens (including phenoxy) is 1. The number of hydrogen-bond acceptors (Lipinski definition) is 3. The molecule has 3 nitrogen and oxygen atoms in total. The summed E-state index contributed by atoms with van der Waals surface area (Å²) in [4.78, 5) is 2.48. The second-order valence-electron chi connectivity index (χ2n) is 4.61. The van der Waals surface area contributed by atoms with Gasteiger partial charge in [-0.25, -0.2) is 0 Å². The van der Waals surface area contributed by atoms with Gasteiger partial charge in [0.25, 0.3) is 0 Å². The summed E-state index contributed by atoms with van der Waals surface area (Å²) < 4.78 is 5.35. The van der Waals surface area contributed by atoms with E-state index in [0.717, 1.165) is 39.0 Å². The Labute approximate surface area is 104 Å². The number of rotatable bonds is 6. The van der Waals surface area contributed by atoms with Gasteiger partial charge in [-0.05, 0) is 37.4 Å². The lowest BCUT2D eigenvalue weighted by Crippen LogP contribution is -2.37. The molecule has 1 aromatic rings. The van der Waals surface area contributed by atoms with Crippen molar-refractivity contribution in [3.8, 4) is 0 Å². The highest BCUT2D eigenvalue weighted by molar-refractivity contribution is 5.58. The van der Waals surface area contributed by atoms with Crippen molar-refractivity contribution in [2.75, 3.05) is 31.7 Å². The maximum Gasteiger partial charge on any atom is 0.0666 e. The smallest absolute Gasteiger partial charge is 0.0666 e. The van der Waals surface area contributed by atoms with Crippen LogP contribution < -0.4 is 10.6 Å². The quantitative estimate of drug-likeness (QED) is 0.815. The van der Waals surface area contributed by atoms with Crippen molar-refractivity contribution < 1.29 is 4.74 Å². The van der Waals surface area contributed by atoms with Crippen LogP contribution in [0, 0.1) is 0 Å². The summed E-state index contributed by atoms with van der Waals surface area (Å²) in [5.74, 6) is 0. The van der Waals surface area contributed by atoms with Crippen LogP contribution in [0.25, 0.3) is 0 Å². The highest BCUT2D eigenvalue weighted by Crippen LogP contribution is 2.30. The van der Waals surface area contributed by atoms with E-state index in [1.807, 2.05) is 0 Å². The largest absolute Gasteiger partial charge is 0.383 e. The Morgan fingerprint density at radius 2 is 2.24 bits per heavy atom. The van der Waals surface area contributed by atoms with E-state index in [1.165, 1.54) is 11.3 Å². The van der Waals surface area contributed by atoms with Crippen LogP contribution >= 0.6 is 0 Å². The Kier molecular flexibility index (Phi) is 4.40. The van der Waals surface area contributed by atoms with Gasteiger partial charge in [-0.1, -0.05) is 18.2 Å². The van der Waals surface area contributed by atoms with Gasteiger partial charge in [-0.15, -0.1) is 0 Å². The summed E-state index contributed by atoms with van der Waals surface area (Å²) in [6.45, 7) is 2.65. The van der Waals surface area contributed by atoms with Crippen molar-refractivity contribution in [3.63, 3.8) is 0 Å². The summed E-state index contributed by atoms with van der Waals surface area (Å²) in [5, 5.41) is 0. The molecule has 0 aromatic heterocycles. The maximum atomic E-state index is 5.61. The molecule has 1 aliphatic rings. The molecule has 2 N–H and O–H groups in total. The van der Waals surface area contributed by atoms with Crippen LogP contribution in [0.3, 0.4) is 0 Å². The molecule has 3 heteroatoms. The molecule has 0 spiro atoms. The third-order valence-electron chi connectivity index (χ3n) is 3.46. The number of nitrogens with zero attached hydrogens (tertiary/aromatic N) is 1. The van der Waals surface area contributed by atoms with Crippen LogP contribution in [0.2, 0.25) is 0 Å². The minimum absolute atomic E-state index is 0.465. The molecular formula is C14H22N2O. The third-order valence-corrected chi connectivity index (χ3v) is 3.46. The lowest BCUT2D eigenvalue weighted by molar-refractivity contribution is 0.173. The molecule has 0 saturated heterocycles. The summed E-state index contributed by atoms with van der Waals surface area (Å²) in [7, 11) is 1.78. The first-order chi connectivity index (χ1) is 8.36. The average Bonchev–Trinajstić information content (AvgIpc) is 2.78. The molecule has 1 unspecified atom stereocenters. The minimum Gasteiger partial charge on any atom is -0.383 e. The number of fused-ring (bicyclic) bond motifs is 1. The predicted octanol–water partition coefficient (Wildman–Crippen LogP) is 1.80. The lowest BCUT2D eigenvalue weighted by Gasteiger charge is -2.30. The van der Waals surface area contributed by atoms with Crippen molar-refractivity contribution in [2.45, 2.75) is 25.3 Å². The molecule has 2 rings (SSSR count). The van der Waals surface area contributed by atoms with E-state index in [4.69, 9.17) is 10.5 Å². The fourth-order valence-electron chi connectivity index (χ4n) is 2.62. The summed E-state index contributed by atoms with van der Waals surface area (Å²) in [6, 6.07) is 9.14. The predicted molar refractivity (Wildman–Crippen MR) is 71.4 cm³/mol. The van der Waals surface area contributed by atoms with E-state index in [-0.39, 0.29) is 0 Å². The Bertz CT molecular complexity index is 354. The Morgan fingerprint density at radius 3 is 3.00 bits per heavy atom. The molecule has 1 aliphatic heterocycles. The van der Waals surface area contributed by atoms with Crippen molar-refractivity contribution in [1.29, 1.82) is 0 Å². The van der Waals surface area contributed by atoms with Crippen LogP contribution in [0.4, 0.5) is 5.69 Å². The maximum absolute atomic E-state index is 5.61. The van der Waals surface area contributed by atoms with E-state index in [1.54, 1.807) is 7.11 Å². The fourth-order valence-corrected chi connectivity index (χ4v) is 2.62. The zero-order chi connectivity index (χ0) is 12.1. The van der Waals surface area contributed by atoms with Crippen LogP contribution in [0.5, 0.6) is 0 Å². The van der Waals surface area contributed by atoms with Gasteiger partial charge in [-0.2, -0.15) is 0 Å². The van der Waals surface area contributed by atoms with E-state index in [2.05, 4.69) is 29.2 Å². The second kappa shape index (κ2) is 6.03. The monoisotopic (exact) mass is 234 g/mol. The standard InChI is InChI=1S/C14H22N2O/c1-17-11-13(6-4-9-15)16-10-8-12-5-2-3-7-14(12)16/h2-3,5,7,13H,4,6,8-11,15H2,1H3. The van der Waals surface area contributed by atoms with Crippen molar-refractivity contribution in [2.24, 2.45) is 5.73 Å². The first-order valence-corrected chi connectivity index (χ1v) is 6.40. The average molecular weight is 234 g/mol. The first-order valence-electron chi connectivity index (χ1n) is 6.40. The van der Waals surface area contributed by atoms with E-state index in [0.29, 0.717) is 6.04 Å². The number of benzene rings is 1. The number of anilines is 1. The van der Waals surface area contributed by atoms with Gasteiger partial charge in [0.2, 0.25) is 0 Å². The molecule has 0 saturated carbocycles. The molecule has 1 aromatic carbocycles. The number of nitrogens with two attached hydrogens (primary N) is 1. The second-order valence-corrected chi connectivity index (χ2v) is 4.61. The van der Waals surface area contributed by atoms with Crippen molar-refractivity contribution >= 4 is 5.69 Å². The topological polar surface area (TPSA) is 38.5 Å². The van der Waals surface area contributed by atoms with Gasteiger partial charge in [0.1, 0.15) is 0 Å². The molecule has 0 radical (unpaired) electrons. The van der Waals surface area contributed by atoms with E-state index < -0.39 is 0 Å². The zero-order valence-electron chi connectivity index (χ0n) is 10.6. The molecule has 1 heterocycles. The highest BCUT2D eigenvalue weighted by atomic mass is 16.5. The highest BCUT2D eigenvalue weighted by Gasteiger charge is 2.25. The molecule has 0 amide bonds. The minimum atomic E-state index is 0.465. The van der Waals surface area contributed by atoms with Gasteiger partial charge in [0, 0.05) is 19.3 Å². The first kappa shape index (κ1) is 12.4. The van der Waals surface area contributed by atoms with E-state index >= 15 is 0 Å². The Balaban J connectivity index is 2.09.